The van der Waals surface area contributed by atoms with Gasteiger partial charge in [0.1, 0.15) is 11.5 Å². The number of likely N-dealkylation sites (N-methyl/N-ethyl adjacent to an activating group) is 1. The highest BCUT2D eigenvalue weighted by Gasteiger charge is 2.20. The SMILES string of the molecule is CN(C)CC(C)(O)CNCc1ccc(-c2ccccc2Cl)o1. The maximum Gasteiger partial charge on any atom is 0.135 e. The topological polar surface area (TPSA) is 48.6 Å². The Balaban J connectivity index is 1.92. The first-order valence-electron chi connectivity index (χ1n) is 7.29. The molecule has 2 rings (SSSR count). The lowest BCUT2D eigenvalue weighted by Crippen LogP contribution is -2.45. The molecule has 120 valence electrons. The summed E-state index contributed by atoms with van der Waals surface area (Å²) >= 11 is 6.17. The van der Waals surface area contributed by atoms with Crippen LogP contribution in [-0.4, -0.2) is 42.8 Å². The number of hydrogen-bond acceptors (Lipinski definition) is 4. The van der Waals surface area contributed by atoms with Gasteiger partial charge in [-0.1, -0.05) is 23.7 Å². The van der Waals surface area contributed by atoms with Gasteiger partial charge in [-0.15, -0.1) is 0 Å². The molecule has 0 saturated heterocycles. The smallest absolute Gasteiger partial charge is 0.135 e. The van der Waals surface area contributed by atoms with Crippen molar-refractivity contribution < 1.29 is 9.52 Å². The molecule has 4 nitrogen and oxygen atoms in total. The van der Waals surface area contributed by atoms with E-state index in [1.54, 1.807) is 0 Å². The van der Waals surface area contributed by atoms with Crippen LogP contribution in [0.1, 0.15) is 12.7 Å². The molecule has 0 saturated carbocycles. The highest BCUT2D eigenvalue weighted by atomic mass is 35.5. The van der Waals surface area contributed by atoms with E-state index in [9.17, 15) is 5.11 Å². The van der Waals surface area contributed by atoms with Crippen LogP contribution in [0.2, 0.25) is 5.02 Å². The van der Waals surface area contributed by atoms with E-state index in [2.05, 4.69) is 5.32 Å². The van der Waals surface area contributed by atoms with E-state index >= 15 is 0 Å². The summed E-state index contributed by atoms with van der Waals surface area (Å²) in [6.45, 7) is 3.47. The Kier molecular flexibility index (Phi) is 5.64. The zero-order valence-corrected chi connectivity index (χ0v) is 14.0. The zero-order chi connectivity index (χ0) is 16.2. The minimum Gasteiger partial charge on any atom is -0.460 e. The quantitative estimate of drug-likeness (QED) is 0.822. The lowest BCUT2D eigenvalue weighted by Gasteiger charge is -2.27. The maximum atomic E-state index is 10.2. The molecule has 1 aromatic heterocycles. The molecular weight excluding hydrogens is 300 g/mol. The number of benzene rings is 1. The van der Waals surface area contributed by atoms with Crippen LogP contribution in [0.25, 0.3) is 11.3 Å². The van der Waals surface area contributed by atoms with Gasteiger partial charge < -0.3 is 19.7 Å². The van der Waals surface area contributed by atoms with Crippen LogP contribution in [0.3, 0.4) is 0 Å². The molecule has 2 N–H and O–H groups in total. The molecule has 0 aliphatic carbocycles. The third-order valence-corrected chi connectivity index (χ3v) is 3.59. The highest BCUT2D eigenvalue weighted by Crippen LogP contribution is 2.28. The van der Waals surface area contributed by atoms with Crippen molar-refractivity contribution in [1.82, 2.24) is 10.2 Å². The van der Waals surface area contributed by atoms with Crippen molar-refractivity contribution in [3.63, 3.8) is 0 Å². The first-order valence-corrected chi connectivity index (χ1v) is 7.67. The van der Waals surface area contributed by atoms with Crippen molar-refractivity contribution in [3.8, 4) is 11.3 Å². The van der Waals surface area contributed by atoms with E-state index in [0.29, 0.717) is 24.7 Å². The molecule has 0 bridgehead atoms. The van der Waals surface area contributed by atoms with Crippen molar-refractivity contribution >= 4 is 11.6 Å². The van der Waals surface area contributed by atoms with Gasteiger partial charge in [0.05, 0.1) is 17.2 Å². The van der Waals surface area contributed by atoms with Gasteiger partial charge >= 0.3 is 0 Å². The molecule has 22 heavy (non-hydrogen) atoms. The average molecular weight is 323 g/mol. The Morgan fingerprint density at radius 1 is 1.23 bits per heavy atom. The fourth-order valence-electron chi connectivity index (χ4n) is 2.47. The summed E-state index contributed by atoms with van der Waals surface area (Å²) in [4.78, 5) is 1.96. The molecule has 0 radical (unpaired) electrons. The number of aliphatic hydroxyl groups is 1. The largest absolute Gasteiger partial charge is 0.460 e. The zero-order valence-electron chi connectivity index (χ0n) is 13.3. The minimum absolute atomic E-state index is 0.493. The lowest BCUT2D eigenvalue weighted by molar-refractivity contribution is 0.0332. The molecule has 1 unspecified atom stereocenters. The first kappa shape index (κ1) is 17.0. The third-order valence-electron chi connectivity index (χ3n) is 3.26. The van der Waals surface area contributed by atoms with Crippen LogP contribution in [0.5, 0.6) is 0 Å². The van der Waals surface area contributed by atoms with Crippen molar-refractivity contribution in [2.75, 3.05) is 27.2 Å². The number of hydrogen-bond donors (Lipinski definition) is 2. The molecule has 0 aliphatic heterocycles. The van der Waals surface area contributed by atoms with Crippen LogP contribution >= 0.6 is 11.6 Å². The summed E-state index contributed by atoms with van der Waals surface area (Å²) < 4.78 is 5.81. The van der Waals surface area contributed by atoms with Crippen molar-refractivity contribution in [2.24, 2.45) is 0 Å². The maximum absolute atomic E-state index is 10.2. The first-order chi connectivity index (χ1) is 10.4. The summed E-state index contributed by atoms with van der Waals surface area (Å²) in [7, 11) is 3.88. The number of halogens is 1. The Morgan fingerprint density at radius 2 is 1.95 bits per heavy atom. The fourth-order valence-corrected chi connectivity index (χ4v) is 2.70. The van der Waals surface area contributed by atoms with Crippen molar-refractivity contribution in [3.05, 3.63) is 47.2 Å². The molecule has 1 heterocycles. The standard InChI is InChI=1S/C17H23ClN2O2/c1-17(21,12-20(2)3)11-19-10-13-8-9-16(22-13)14-6-4-5-7-15(14)18/h4-9,19,21H,10-12H2,1-3H3. The van der Waals surface area contributed by atoms with Crippen LogP contribution in [0.15, 0.2) is 40.8 Å². The van der Waals surface area contributed by atoms with Gasteiger partial charge in [-0.05, 0) is 45.3 Å². The van der Waals surface area contributed by atoms with Crippen molar-refractivity contribution in [2.45, 2.75) is 19.1 Å². The van der Waals surface area contributed by atoms with E-state index in [1.807, 2.05) is 62.3 Å². The van der Waals surface area contributed by atoms with Crippen LogP contribution in [-0.2, 0) is 6.54 Å². The predicted molar refractivity (Wildman–Crippen MR) is 90.0 cm³/mol. The molecule has 0 spiro atoms. The molecule has 1 aromatic carbocycles. The Labute approximate surface area is 136 Å². The third kappa shape index (κ3) is 4.85. The minimum atomic E-state index is -0.776. The summed E-state index contributed by atoms with van der Waals surface area (Å²) in [5.41, 5.74) is 0.108. The van der Waals surface area contributed by atoms with E-state index in [-0.39, 0.29) is 0 Å². The lowest BCUT2D eigenvalue weighted by atomic mass is 10.1. The van der Waals surface area contributed by atoms with Gasteiger partial charge in [0.2, 0.25) is 0 Å². The van der Waals surface area contributed by atoms with Gasteiger partial charge in [-0.2, -0.15) is 0 Å². The molecule has 1 atom stereocenters. The Bertz CT molecular complexity index is 608. The van der Waals surface area contributed by atoms with E-state index in [1.165, 1.54) is 0 Å². The molecule has 2 aromatic rings. The number of nitrogens with one attached hydrogen (secondary N) is 1. The molecule has 0 aliphatic rings. The predicted octanol–water partition coefficient (Wildman–Crippen LogP) is 3.00. The molecule has 5 heteroatoms. The number of furan rings is 1. The summed E-state index contributed by atoms with van der Waals surface area (Å²) in [6.07, 6.45) is 0. The van der Waals surface area contributed by atoms with E-state index in [4.69, 9.17) is 16.0 Å². The summed E-state index contributed by atoms with van der Waals surface area (Å²) in [5, 5.41) is 14.1. The second-order valence-electron chi connectivity index (χ2n) is 6.08. The van der Waals surface area contributed by atoms with Crippen LogP contribution < -0.4 is 5.32 Å². The second kappa shape index (κ2) is 7.29. The molecule has 0 fully saturated rings. The Morgan fingerprint density at radius 3 is 2.64 bits per heavy atom. The van der Waals surface area contributed by atoms with E-state index in [0.717, 1.165) is 17.1 Å². The summed E-state index contributed by atoms with van der Waals surface area (Å²) in [6, 6.07) is 11.4. The van der Waals surface area contributed by atoms with Gasteiger partial charge in [-0.25, -0.2) is 0 Å². The second-order valence-corrected chi connectivity index (χ2v) is 6.49. The van der Waals surface area contributed by atoms with Gasteiger partial charge in [0.15, 0.2) is 0 Å². The van der Waals surface area contributed by atoms with E-state index < -0.39 is 5.60 Å². The molecule has 0 amide bonds. The van der Waals surface area contributed by atoms with Crippen LogP contribution in [0.4, 0.5) is 0 Å². The van der Waals surface area contributed by atoms with Gasteiger partial charge in [0.25, 0.3) is 0 Å². The number of nitrogens with zero attached hydrogens (tertiary/aromatic N) is 1. The van der Waals surface area contributed by atoms with Gasteiger partial charge in [0, 0.05) is 18.7 Å². The van der Waals surface area contributed by atoms with Crippen LogP contribution in [0, 0.1) is 0 Å². The molecular formula is C17H23ClN2O2. The fraction of sp³-hybridized carbons (Fsp3) is 0.412. The monoisotopic (exact) mass is 322 g/mol. The number of rotatable bonds is 7. The van der Waals surface area contributed by atoms with Crippen molar-refractivity contribution in [1.29, 1.82) is 0 Å². The summed E-state index contributed by atoms with van der Waals surface area (Å²) in [5.74, 6) is 1.57. The normalized spacial score (nSPS) is 14.3. The Hall–Kier alpha value is -1.33. The van der Waals surface area contributed by atoms with Gasteiger partial charge in [-0.3, -0.25) is 0 Å². The average Bonchev–Trinajstić information content (AvgIpc) is 2.86. The highest BCUT2D eigenvalue weighted by molar-refractivity contribution is 6.33.